The van der Waals surface area contributed by atoms with Crippen molar-refractivity contribution in [3.63, 3.8) is 0 Å². The molecule has 0 amide bonds. The maximum absolute atomic E-state index is 5.63. The molecular weight excluding hydrogens is 246 g/mol. The van der Waals surface area contributed by atoms with Gasteiger partial charge in [-0.15, -0.1) is 0 Å². The van der Waals surface area contributed by atoms with Crippen molar-refractivity contribution in [3.8, 4) is 0 Å². The van der Waals surface area contributed by atoms with Crippen LogP contribution in [0.5, 0.6) is 0 Å². The van der Waals surface area contributed by atoms with Crippen LogP contribution in [-0.2, 0) is 26.4 Å². The van der Waals surface area contributed by atoms with Gasteiger partial charge >= 0.3 is 0 Å². The second-order valence-corrected chi connectivity index (χ2v) is 5.14. The Bertz CT molecular complexity index is 728. The summed E-state index contributed by atoms with van der Waals surface area (Å²) in [4.78, 5) is 0. The van der Waals surface area contributed by atoms with E-state index in [0.29, 0.717) is 6.54 Å². The van der Waals surface area contributed by atoms with Crippen LogP contribution < -0.4 is 5.73 Å². The standard InChI is InChI=1S/C17H19N3/c1-20-17(11-16(12-18)19-20)9-7-13-6-8-14-4-2-3-5-15(14)10-13/h2-6,8,10-11H,7,9,12,18H2,1H3. The first-order valence-corrected chi connectivity index (χ1v) is 6.96. The molecule has 3 aromatic rings. The number of nitrogens with zero attached hydrogens (tertiary/aromatic N) is 2. The quantitative estimate of drug-likeness (QED) is 0.788. The molecule has 0 atom stereocenters. The van der Waals surface area contributed by atoms with Crippen molar-refractivity contribution in [3.05, 3.63) is 65.5 Å². The van der Waals surface area contributed by atoms with E-state index in [0.717, 1.165) is 18.5 Å². The zero-order valence-electron chi connectivity index (χ0n) is 11.7. The van der Waals surface area contributed by atoms with Crippen LogP contribution in [0.2, 0.25) is 0 Å². The molecule has 3 nitrogen and oxygen atoms in total. The van der Waals surface area contributed by atoms with Gasteiger partial charge in [-0.05, 0) is 35.2 Å². The third-order valence-corrected chi connectivity index (χ3v) is 3.72. The third-order valence-electron chi connectivity index (χ3n) is 3.72. The predicted molar refractivity (Wildman–Crippen MR) is 82.5 cm³/mol. The summed E-state index contributed by atoms with van der Waals surface area (Å²) in [7, 11) is 1.98. The van der Waals surface area contributed by atoms with E-state index in [1.165, 1.54) is 22.0 Å². The van der Waals surface area contributed by atoms with Crippen molar-refractivity contribution >= 4 is 10.8 Å². The highest BCUT2D eigenvalue weighted by atomic mass is 15.3. The van der Waals surface area contributed by atoms with Crippen molar-refractivity contribution in [2.75, 3.05) is 0 Å². The molecule has 2 N–H and O–H groups in total. The smallest absolute Gasteiger partial charge is 0.0763 e. The fourth-order valence-corrected chi connectivity index (χ4v) is 2.57. The van der Waals surface area contributed by atoms with E-state index in [1.54, 1.807) is 0 Å². The molecule has 0 saturated carbocycles. The molecule has 0 saturated heterocycles. The Balaban J connectivity index is 1.77. The molecule has 0 radical (unpaired) electrons. The molecule has 2 aromatic carbocycles. The van der Waals surface area contributed by atoms with Gasteiger partial charge in [-0.1, -0.05) is 42.5 Å². The van der Waals surface area contributed by atoms with Crippen LogP contribution in [-0.4, -0.2) is 9.78 Å². The summed E-state index contributed by atoms with van der Waals surface area (Å²) >= 11 is 0. The van der Waals surface area contributed by atoms with Gasteiger partial charge in [0.05, 0.1) is 5.69 Å². The van der Waals surface area contributed by atoms with Gasteiger partial charge in [0.1, 0.15) is 0 Å². The van der Waals surface area contributed by atoms with Crippen molar-refractivity contribution < 1.29 is 0 Å². The largest absolute Gasteiger partial charge is 0.325 e. The summed E-state index contributed by atoms with van der Waals surface area (Å²) < 4.78 is 1.93. The molecule has 0 bridgehead atoms. The first-order valence-electron chi connectivity index (χ1n) is 6.96. The summed E-state index contributed by atoms with van der Waals surface area (Å²) in [5, 5.41) is 6.98. The molecule has 0 fully saturated rings. The minimum absolute atomic E-state index is 0.504. The molecule has 0 aliphatic rings. The van der Waals surface area contributed by atoms with E-state index in [-0.39, 0.29) is 0 Å². The van der Waals surface area contributed by atoms with Gasteiger partial charge < -0.3 is 5.73 Å². The molecule has 3 heteroatoms. The van der Waals surface area contributed by atoms with E-state index in [4.69, 9.17) is 5.73 Å². The van der Waals surface area contributed by atoms with Crippen LogP contribution >= 0.6 is 0 Å². The van der Waals surface area contributed by atoms with Crippen LogP contribution in [0.15, 0.2) is 48.5 Å². The van der Waals surface area contributed by atoms with Crippen LogP contribution in [0, 0.1) is 0 Å². The van der Waals surface area contributed by atoms with Crippen molar-refractivity contribution in [1.82, 2.24) is 9.78 Å². The minimum atomic E-state index is 0.504. The number of hydrogen-bond acceptors (Lipinski definition) is 2. The van der Waals surface area contributed by atoms with Crippen LogP contribution in [0.25, 0.3) is 10.8 Å². The van der Waals surface area contributed by atoms with Crippen LogP contribution in [0.1, 0.15) is 17.0 Å². The van der Waals surface area contributed by atoms with E-state index in [9.17, 15) is 0 Å². The number of aryl methyl sites for hydroxylation is 3. The highest BCUT2D eigenvalue weighted by Gasteiger charge is 2.04. The van der Waals surface area contributed by atoms with Gasteiger partial charge in [-0.25, -0.2) is 0 Å². The molecular formula is C17H19N3. The Labute approximate surface area is 119 Å². The number of nitrogens with two attached hydrogens (primary N) is 1. The molecule has 20 heavy (non-hydrogen) atoms. The van der Waals surface area contributed by atoms with E-state index < -0.39 is 0 Å². The average Bonchev–Trinajstić information content (AvgIpc) is 2.85. The molecule has 0 spiro atoms. The molecule has 0 unspecified atom stereocenters. The van der Waals surface area contributed by atoms with E-state index in [1.807, 2.05) is 11.7 Å². The third kappa shape index (κ3) is 2.58. The van der Waals surface area contributed by atoms with Gasteiger partial charge in [-0.3, -0.25) is 4.68 Å². The molecule has 1 aromatic heterocycles. The first-order chi connectivity index (χ1) is 9.76. The highest BCUT2D eigenvalue weighted by Crippen LogP contribution is 2.17. The zero-order valence-corrected chi connectivity index (χ0v) is 11.7. The lowest BCUT2D eigenvalue weighted by atomic mass is 10.0. The van der Waals surface area contributed by atoms with Gasteiger partial charge in [-0.2, -0.15) is 5.10 Å². The molecule has 102 valence electrons. The topological polar surface area (TPSA) is 43.8 Å². The Morgan fingerprint density at radius 2 is 1.80 bits per heavy atom. The number of hydrogen-bond donors (Lipinski definition) is 1. The lowest BCUT2D eigenvalue weighted by Crippen LogP contribution is -2.01. The Kier molecular flexibility index (Phi) is 3.52. The summed E-state index contributed by atoms with van der Waals surface area (Å²) in [6.07, 6.45) is 2.01. The summed E-state index contributed by atoms with van der Waals surface area (Å²) in [6.45, 7) is 0.504. The van der Waals surface area contributed by atoms with Gasteiger partial charge in [0.2, 0.25) is 0 Å². The number of rotatable bonds is 4. The molecule has 0 aliphatic carbocycles. The zero-order chi connectivity index (χ0) is 13.9. The predicted octanol–water partition coefficient (Wildman–Crippen LogP) is 2.82. The van der Waals surface area contributed by atoms with Gasteiger partial charge in [0.25, 0.3) is 0 Å². The van der Waals surface area contributed by atoms with Crippen molar-refractivity contribution in [1.29, 1.82) is 0 Å². The summed E-state index contributed by atoms with van der Waals surface area (Å²) in [5.41, 5.74) is 9.18. The fourth-order valence-electron chi connectivity index (χ4n) is 2.57. The normalized spacial score (nSPS) is 11.1. The summed E-state index contributed by atoms with van der Waals surface area (Å²) in [5.74, 6) is 0. The highest BCUT2D eigenvalue weighted by molar-refractivity contribution is 5.82. The summed E-state index contributed by atoms with van der Waals surface area (Å²) in [6, 6.07) is 17.2. The number of aromatic nitrogens is 2. The maximum Gasteiger partial charge on any atom is 0.0763 e. The Hall–Kier alpha value is -2.13. The number of benzene rings is 2. The van der Waals surface area contributed by atoms with E-state index in [2.05, 4.69) is 53.6 Å². The minimum Gasteiger partial charge on any atom is -0.325 e. The first kappa shape index (κ1) is 12.9. The lowest BCUT2D eigenvalue weighted by molar-refractivity contribution is 0.691. The van der Waals surface area contributed by atoms with E-state index >= 15 is 0 Å². The monoisotopic (exact) mass is 265 g/mol. The van der Waals surface area contributed by atoms with Crippen molar-refractivity contribution in [2.24, 2.45) is 12.8 Å². The second kappa shape index (κ2) is 5.47. The second-order valence-electron chi connectivity index (χ2n) is 5.14. The Morgan fingerprint density at radius 1 is 1.00 bits per heavy atom. The lowest BCUT2D eigenvalue weighted by Gasteiger charge is -2.04. The van der Waals surface area contributed by atoms with Gasteiger partial charge in [0, 0.05) is 19.3 Å². The maximum atomic E-state index is 5.63. The molecule has 0 aliphatic heterocycles. The van der Waals surface area contributed by atoms with Crippen molar-refractivity contribution in [2.45, 2.75) is 19.4 Å². The SMILES string of the molecule is Cn1nc(CN)cc1CCc1ccc2ccccc2c1. The fraction of sp³-hybridized carbons (Fsp3) is 0.235. The molecule has 3 rings (SSSR count). The van der Waals surface area contributed by atoms with Crippen LogP contribution in [0.3, 0.4) is 0 Å². The van der Waals surface area contributed by atoms with Gasteiger partial charge in [0.15, 0.2) is 0 Å². The Morgan fingerprint density at radius 3 is 2.55 bits per heavy atom. The average molecular weight is 265 g/mol. The van der Waals surface area contributed by atoms with Crippen LogP contribution in [0.4, 0.5) is 0 Å². The number of fused-ring (bicyclic) bond motifs is 1. The molecule has 1 heterocycles.